The molecule has 0 aliphatic carbocycles. The Labute approximate surface area is 106 Å². The number of piperazine rings is 1. The van der Waals surface area contributed by atoms with Gasteiger partial charge in [0.15, 0.2) is 6.04 Å². The van der Waals surface area contributed by atoms with E-state index in [1.54, 1.807) is 10.8 Å². The zero-order valence-electron chi connectivity index (χ0n) is 10.1. The molecule has 1 unspecified atom stereocenters. The summed E-state index contributed by atoms with van der Waals surface area (Å²) < 4.78 is 1.77. The lowest BCUT2D eigenvalue weighted by atomic mass is 10.2. The van der Waals surface area contributed by atoms with Gasteiger partial charge in [0, 0.05) is 33.2 Å². The van der Waals surface area contributed by atoms with Crippen molar-refractivity contribution in [3.8, 4) is 6.07 Å². The first-order valence-electron chi connectivity index (χ1n) is 5.63. The van der Waals surface area contributed by atoms with Gasteiger partial charge in [-0.05, 0) is 7.05 Å². The van der Waals surface area contributed by atoms with Gasteiger partial charge in [0.25, 0.3) is 0 Å². The van der Waals surface area contributed by atoms with Crippen LogP contribution >= 0.6 is 11.6 Å². The Kier molecular flexibility index (Phi) is 3.67. The maximum Gasteiger partial charge on any atom is 0.157 e. The largest absolute Gasteiger partial charge is 0.320 e. The normalized spacial score (nSPS) is 20.1. The number of nitriles is 1. The maximum atomic E-state index is 9.33. The molecule has 2 rings (SSSR count). The summed E-state index contributed by atoms with van der Waals surface area (Å²) in [6.45, 7) is 3.74. The lowest BCUT2D eigenvalue weighted by Crippen LogP contribution is -2.46. The number of hydrogen-bond acceptors (Lipinski definition) is 4. The van der Waals surface area contributed by atoms with E-state index in [0.717, 1.165) is 32.0 Å². The average Bonchev–Trinajstić information content (AvgIpc) is 2.65. The molecule has 0 aromatic carbocycles. The minimum Gasteiger partial charge on any atom is -0.320 e. The number of halogens is 1. The van der Waals surface area contributed by atoms with E-state index in [4.69, 9.17) is 11.6 Å². The van der Waals surface area contributed by atoms with E-state index in [1.165, 1.54) is 0 Å². The van der Waals surface area contributed by atoms with Crippen molar-refractivity contribution in [2.75, 3.05) is 33.2 Å². The number of hydrogen-bond donors (Lipinski definition) is 0. The van der Waals surface area contributed by atoms with Crippen LogP contribution in [0.4, 0.5) is 0 Å². The molecule has 1 aliphatic heterocycles. The fourth-order valence-corrected chi connectivity index (χ4v) is 2.17. The van der Waals surface area contributed by atoms with Gasteiger partial charge in [-0.3, -0.25) is 4.90 Å². The lowest BCUT2D eigenvalue weighted by Gasteiger charge is -2.34. The molecule has 1 aromatic rings. The third-order valence-electron chi connectivity index (χ3n) is 3.24. The van der Waals surface area contributed by atoms with Crippen LogP contribution in [0, 0.1) is 11.3 Å². The molecule has 0 spiro atoms. The summed E-state index contributed by atoms with van der Waals surface area (Å²) in [4.78, 5) is 8.65. The van der Waals surface area contributed by atoms with Crippen molar-refractivity contribution in [2.24, 2.45) is 7.05 Å². The van der Waals surface area contributed by atoms with Crippen molar-refractivity contribution in [2.45, 2.75) is 6.04 Å². The van der Waals surface area contributed by atoms with Crippen molar-refractivity contribution in [3.63, 3.8) is 0 Å². The molecule has 1 fully saturated rings. The van der Waals surface area contributed by atoms with Crippen LogP contribution in [0.15, 0.2) is 6.20 Å². The minimum absolute atomic E-state index is 0.304. The molecule has 0 amide bonds. The first-order chi connectivity index (χ1) is 8.13. The third-order valence-corrected chi connectivity index (χ3v) is 3.59. The van der Waals surface area contributed by atoms with Gasteiger partial charge in [-0.1, -0.05) is 11.6 Å². The van der Waals surface area contributed by atoms with Crippen molar-refractivity contribution < 1.29 is 0 Å². The molecule has 1 aliphatic rings. The third kappa shape index (κ3) is 2.44. The molecule has 92 valence electrons. The molecule has 2 heterocycles. The monoisotopic (exact) mass is 253 g/mol. The predicted molar refractivity (Wildman–Crippen MR) is 65.6 cm³/mol. The predicted octanol–water partition coefficient (Wildman–Crippen LogP) is 0.886. The van der Waals surface area contributed by atoms with E-state index in [2.05, 4.69) is 27.9 Å². The number of imidazole rings is 1. The Morgan fingerprint density at radius 3 is 2.47 bits per heavy atom. The average molecular weight is 254 g/mol. The van der Waals surface area contributed by atoms with Crippen LogP contribution < -0.4 is 0 Å². The van der Waals surface area contributed by atoms with Gasteiger partial charge in [-0.2, -0.15) is 5.26 Å². The smallest absolute Gasteiger partial charge is 0.157 e. The van der Waals surface area contributed by atoms with Crippen LogP contribution in [0.2, 0.25) is 5.15 Å². The van der Waals surface area contributed by atoms with Crippen LogP contribution in [0.5, 0.6) is 0 Å². The summed E-state index contributed by atoms with van der Waals surface area (Å²) in [6.07, 6.45) is 1.59. The Morgan fingerprint density at radius 1 is 1.35 bits per heavy atom. The molecule has 1 saturated heterocycles. The molecule has 0 bridgehead atoms. The summed E-state index contributed by atoms with van der Waals surface area (Å²) in [5, 5.41) is 9.89. The Bertz CT molecular complexity index is 428. The van der Waals surface area contributed by atoms with E-state index in [9.17, 15) is 5.26 Å². The van der Waals surface area contributed by atoms with Crippen molar-refractivity contribution in [1.29, 1.82) is 5.26 Å². The second-order valence-electron chi connectivity index (χ2n) is 4.37. The fraction of sp³-hybridized carbons (Fsp3) is 0.636. The molecule has 1 aromatic heterocycles. The SMILES string of the molecule is CN1CCN(C(C#N)c2ncc(Cl)n2C)CC1. The summed E-state index contributed by atoms with van der Waals surface area (Å²) in [7, 11) is 3.93. The topological polar surface area (TPSA) is 48.1 Å². The highest BCUT2D eigenvalue weighted by Crippen LogP contribution is 2.22. The standard InChI is InChI=1S/C11H16ClN5/c1-15-3-5-17(6-4-15)9(7-13)11-14-8-10(12)16(11)2/h8-9H,3-6H2,1-2H3. The first kappa shape index (κ1) is 12.4. The summed E-state index contributed by atoms with van der Waals surface area (Å²) in [5.74, 6) is 0.724. The lowest BCUT2D eigenvalue weighted by molar-refractivity contribution is 0.128. The fourth-order valence-electron chi connectivity index (χ4n) is 2.04. The second kappa shape index (κ2) is 5.05. The Morgan fingerprint density at radius 2 is 2.00 bits per heavy atom. The minimum atomic E-state index is -0.304. The molecule has 0 radical (unpaired) electrons. The molecule has 0 saturated carbocycles. The van der Waals surface area contributed by atoms with Gasteiger partial charge in [-0.25, -0.2) is 4.98 Å². The van der Waals surface area contributed by atoms with Gasteiger partial charge in [-0.15, -0.1) is 0 Å². The quantitative estimate of drug-likeness (QED) is 0.785. The van der Waals surface area contributed by atoms with E-state index in [1.807, 2.05) is 7.05 Å². The zero-order valence-corrected chi connectivity index (χ0v) is 10.9. The Hall–Kier alpha value is -1.09. The highest BCUT2D eigenvalue weighted by Gasteiger charge is 2.27. The van der Waals surface area contributed by atoms with E-state index < -0.39 is 0 Å². The number of rotatable bonds is 2. The molecular weight excluding hydrogens is 238 g/mol. The molecule has 1 atom stereocenters. The molecule has 0 N–H and O–H groups in total. The number of aromatic nitrogens is 2. The summed E-state index contributed by atoms with van der Waals surface area (Å²) in [5.41, 5.74) is 0. The Balaban J connectivity index is 2.17. The van der Waals surface area contributed by atoms with Gasteiger partial charge >= 0.3 is 0 Å². The molecule has 5 nitrogen and oxygen atoms in total. The highest BCUT2D eigenvalue weighted by molar-refractivity contribution is 6.29. The van der Waals surface area contributed by atoms with Gasteiger partial charge in [0.2, 0.25) is 0 Å². The van der Waals surface area contributed by atoms with E-state index in [0.29, 0.717) is 5.15 Å². The first-order valence-corrected chi connectivity index (χ1v) is 6.00. The molecule has 17 heavy (non-hydrogen) atoms. The molecule has 6 heteroatoms. The highest BCUT2D eigenvalue weighted by atomic mass is 35.5. The van der Waals surface area contributed by atoms with Gasteiger partial charge in [0.05, 0.1) is 12.3 Å². The maximum absolute atomic E-state index is 9.33. The summed E-state index contributed by atoms with van der Waals surface area (Å²) >= 11 is 5.96. The van der Waals surface area contributed by atoms with E-state index in [-0.39, 0.29) is 6.04 Å². The van der Waals surface area contributed by atoms with Crippen LogP contribution in [0.1, 0.15) is 11.9 Å². The zero-order chi connectivity index (χ0) is 12.4. The molecular formula is C11H16ClN5. The van der Waals surface area contributed by atoms with Crippen LogP contribution in [0.25, 0.3) is 0 Å². The van der Waals surface area contributed by atoms with Crippen molar-refractivity contribution in [1.82, 2.24) is 19.4 Å². The summed E-state index contributed by atoms with van der Waals surface area (Å²) in [6, 6.07) is 2.02. The second-order valence-corrected chi connectivity index (χ2v) is 4.76. The van der Waals surface area contributed by atoms with Crippen molar-refractivity contribution >= 4 is 11.6 Å². The van der Waals surface area contributed by atoms with Crippen LogP contribution in [-0.4, -0.2) is 52.6 Å². The van der Waals surface area contributed by atoms with Gasteiger partial charge < -0.3 is 9.47 Å². The van der Waals surface area contributed by atoms with Gasteiger partial charge in [0.1, 0.15) is 11.0 Å². The van der Waals surface area contributed by atoms with Crippen molar-refractivity contribution in [3.05, 3.63) is 17.2 Å². The van der Waals surface area contributed by atoms with Crippen LogP contribution in [0.3, 0.4) is 0 Å². The van der Waals surface area contributed by atoms with E-state index >= 15 is 0 Å². The number of nitrogens with zero attached hydrogens (tertiary/aromatic N) is 5. The number of likely N-dealkylation sites (N-methyl/N-ethyl adjacent to an activating group) is 1. The van der Waals surface area contributed by atoms with Crippen LogP contribution in [-0.2, 0) is 7.05 Å².